The molecule has 2 N–H and O–H groups in total. The smallest absolute Gasteiger partial charge is 0.141 e. The summed E-state index contributed by atoms with van der Waals surface area (Å²) >= 11 is 0. The van der Waals surface area contributed by atoms with Crippen molar-refractivity contribution >= 4 is 5.78 Å². The number of aliphatic hydroxyl groups excluding tert-OH is 2. The third-order valence-electron chi connectivity index (χ3n) is 4.11. The van der Waals surface area contributed by atoms with Crippen molar-refractivity contribution in [1.82, 2.24) is 0 Å². The molecule has 2 aromatic carbocycles. The van der Waals surface area contributed by atoms with Crippen molar-refractivity contribution in [3.05, 3.63) is 71.8 Å². The highest BCUT2D eigenvalue weighted by Crippen LogP contribution is 2.29. The maximum Gasteiger partial charge on any atom is 0.141 e. The molecule has 0 saturated carbocycles. The maximum absolute atomic E-state index is 12.6. The van der Waals surface area contributed by atoms with Crippen LogP contribution in [0.1, 0.15) is 49.5 Å². The molecule has 0 aromatic heterocycles. The summed E-state index contributed by atoms with van der Waals surface area (Å²) in [5.74, 6) is -0.583. The Labute approximate surface area is 137 Å². The quantitative estimate of drug-likeness (QED) is 0.779. The van der Waals surface area contributed by atoms with Gasteiger partial charge in [0.1, 0.15) is 5.78 Å². The Morgan fingerprint density at radius 1 is 0.913 bits per heavy atom. The average molecular weight is 312 g/mol. The van der Waals surface area contributed by atoms with E-state index in [-0.39, 0.29) is 12.2 Å². The Hall–Kier alpha value is -1.97. The van der Waals surface area contributed by atoms with Crippen LogP contribution in [0, 0.1) is 5.92 Å². The first-order valence-electron chi connectivity index (χ1n) is 8.12. The van der Waals surface area contributed by atoms with E-state index in [9.17, 15) is 15.0 Å². The molecule has 0 aliphatic rings. The molecule has 3 atom stereocenters. The molecule has 122 valence electrons. The number of carbonyl (C=O) groups is 1. The Bertz CT molecular complexity index is 595. The van der Waals surface area contributed by atoms with Crippen molar-refractivity contribution in [2.45, 2.75) is 38.4 Å². The number of hydrogen-bond donors (Lipinski definition) is 2. The number of benzene rings is 2. The van der Waals surface area contributed by atoms with E-state index in [1.54, 1.807) is 12.1 Å². The summed E-state index contributed by atoms with van der Waals surface area (Å²) in [4.78, 5) is 12.6. The van der Waals surface area contributed by atoms with Crippen molar-refractivity contribution in [3.8, 4) is 0 Å². The third kappa shape index (κ3) is 4.75. The molecule has 0 saturated heterocycles. The second-order valence-electron chi connectivity index (χ2n) is 5.85. The van der Waals surface area contributed by atoms with Gasteiger partial charge < -0.3 is 10.2 Å². The van der Waals surface area contributed by atoms with Crippen LogP contribution in [0.2, 0.25) is 0 Å². The minimum Gasteiger partial charge on any atom is -0.388 e. The van der Waals surface area contributed by atoms with E-state index in [1.165, 1.54) is 0 Å². The number of aliphatic hydroxyl groups is 2. The van der Waals surface area contributed by atoms with E-state index in [2.05, 4.69) is 0 Å². The van der Waals surface area contributed by atoms with Gasteiger partial charge in [0.2, 0.25) is 0 Å². The zero-order chi connectivity index (χ0) is 16.7. The zero-order valence-corrected chi connectivity index (χ0v) is 13.4. The van der Waals surface area contributed by atoms with Gasteiger partial charge in [0.15, 0.2) is 0 Å². The standard InChI is InChI=1S/C20H24O3/c1-2-9-17(20(23)16-12-7-4-8-13-16)19(22)14-18(21)15-10-5-3-6-11-15/h3-8,10-13,17-18,20-21,23H,2,9,14H2,1H3/t17?,18-,20+/m0/s1. The fraction of sp³-hybridized carbons (Fsp3) is 0.350. The summed E-state index contributed by atoms with van der Waals surface area (Å²) < 4.78 is 0. The lowest BCUT2D eigenvalue weighted by atomic mass is 9.85. The van der Waals surface area contributed by atoms with E-state index in [4.69, 9.17) is 0 Å². The van der Waals surface area contributed by atoms with Crippen molar-refractivity contribution in [2.24, 2.45) is 5.92 Å². The van der Waals surface area contributed by atoms with Crippen LogP contribution in [0.5, 0.6) is 0 Å². The van der Waals surface area contributed by atoms with Gasteiger partial charge in [-0.2, -0.15) is 0 Å². The van der Waals surface area contributed by atoms with E-state index in [0.717, 1.165) is 17.5 Å². The van der Waals surface area contributed by atoms with E-state index >= 15 is 0 Å². The number of rotatable bonds is 8. The number of carbonyl (C=O) groups excluding carboxylic acids is 1. The summed E-state index contributed by atoms with van der Waals surface area (Å²) in [6.45, 7) is 1.99. The molecular formula is C20H24O3. The first-order valence-corrected chi connectivity index (χ1v) is 8.12. The molecule has 2 aromatic rings. The number of Topliss-reactive ketones (excluding diaryl/α,β-unsaturated/α-hetero) is 1. The molecule has 3 nitrogen and oxygen atoms in total. The molecule has 0 radical (unpaired) electrons. The van der Waals surface area contributed by atoms with Crippen molar-refractivity contribution in [2.75, 3.05) is 0 Å². The van der Waals surface area contributed by atoms with Gasteiger partial charge >= 0.3 is 0 Å². The SMILES string of the molecule is CCCC(C(=O)C[C@H](O)c1ccccc1)[C@H](O)c1ccccc1. The van der Waals surface area contributed by atoms with Gasteiger partial charge in [-0.3, -0.25) is 4.79 Å². The fourth-order valence-corrected chi connectivity index (χ4v) is 2.82. The second-order valence-corrected chi connectivity index (χ2v) is 5.85. The van der Waals surface area contributed by atoms with Crippen LogP contribution in [0.4, 0.5) is 0 Å². The molecule has 0 amide bonds. The predicted octanol–water partition coefficient (Wildman–Crippen LogP) is 3.83. The predicted molar refractivity (Wildman–Crippen MR) is 90.8 cm³/mol. The molecule has 0 aliphatic carbocycles. The van der Waals surface area contributed by atoms with Gasteiger partial charge in [0, 0.05) is 12.3 Å². The highest BCUT2D eigenvalue weighted by molar-refractivity contribution is 5.82. The highest BCUT2D eigenvalue weighted by atomic mass is 16.3. The summed E-state index contributed by atoms with van der Waals surface area (Å²) in [6.07, 6.45) is -0.214. The Morgan fingerprint density at radius 3 is 1.96 bits per heavy atom. The van der Waals surface area contributed by atoms with Crippen LogP contribution < -0.4 is 0 Å². The first kappa shape index (κ1) is 17.4. The lowest BCUT2D eigenvalue weighted by Crippen LogP contribution is -2.24. The van der Waals surface area contributed by atoms with Crippen LogP contribution in [0.25, 0.3) is 0 Å². The third-order valence-corrected chi connectivity index (χ3v) is 4.11. The van der Waals surface area contributed by atoms with Gasteiger partial charge in [0.05, 0.1) is 12.2 Å². The van der Waals surface area contributed by atoms with E-state index in [0.29, 0.717) is 6.42 Å². The Balaban J connectivity index is 2.09. The first-order chi connectivity index (χ1) is 11.1. The van der Waals surface area contributed by atoms with E-state index in [1.807, 2.05) is 55.5 Å². The second kappa shape index (κ2) is 8.61. The van der Waals surface area contributed by atoms with Gasteiger partial charge in [-0.1, -0.05) is 74.0 Å². The molecule has 2 rings (SSSR count). The minimum absolute atomic E-state index is 0.0264. The van der Waals surface area contributed by atoms with Gasteiger partial charge in [-0.25, -0.2) is 0 Å². The zero-order valence-electron chi connectivity index (χ0n) is 13.4. The van der Waals surface area contributed by atoms with Gasteiger partial charge in [-0.15, -0.1) is 0 Å². The van der Waals surface area contributed by atoms with Crippen LogP contribution >= 0.6 is 0 Å². The van der Waals surface area contributed by atoms with Crippen LogP contribution in [0.15, 0.2) is 60.7 Å². The molecule has 0 bridgehead atoms. The summed E-state index contributed by atoms with van der Waals surface area (Å²) in [7, 11) is 0. The monoisotopic (exact) mass is 312 g/mol. The lowest BCUT2D eigenvalue weighted by Gasteiger charge is -2.23. The van der Waals surface area contributed by atoms with Crippen LogP contribution in [-0.2, 0) is 4.79 Å². The lowest BCUT2D eigenvalue weighted by molar-refractivity contribution is -0.129. The average Bonchev–Trinajstić information content (AvgIpc) is 2.60. The van der Waals surface area contributed by atoms with Gasteiger partial charge in [0.25, 0.3) is 0 Å². The van der Waals surface area contributed by atoms with Gasteiger partial charge in [-0.05, 0) is 17.5 Å². The Morgan fingerprint density at radius 2 is 1.43 bits per heavy atom. The molecule has 0 spiro atoms. The topological polar surface area (TPSA) is 57.5 Å². The molecule has 0 heterocycles. The van der Waals surface area contributed by atoms with Crippen LogP contribution in [-0.4, -0.2) is 16.0 Å². The van der Waals surface area contributed by atoms with Crippen LogP contribution in [0.3, 0.4) is 0 Å². The Kier molecular flexibility index (Phi) is 6.51. The number of hydrogen-bond acceptors (Lipinski definition) is 3. The molecule has 0 aliphatic heterocycles. The molecule has 23 heavy (non-hydrogen) atoms. The van der Waals surface area contributed by atoms with Crippen molar-refractivity contribution in [1.29, 1.82) is 0 Å². The largest absolute Gasteiger partial charge is 0.388 e. The molecule has 3 heteroatoms. The van der Waals surface area contributed by atoms with E-state index < -0.39 is 18.1 Å². The minimum atomic E-state index is -0.828. The molecular weight excluding hydrogens is 288 g/mol. The normalized spacial score (nSPS) is 14.9. The molecule has 1 unspecified atom stereocenters. The fourth-order valence-electron chi connectivity index (χ4n) is 2.82. The maximum atomic E-state index is 12.6. The highest BCUT2D eigenvalue weighted by Gasteiger charge is 2.28. The molecule has 0 fully saturated rings. The van der Waals surface area contributed by atoms with Crippen molar-refractivity contribution < 1.29 is 15.0 Å². The summed E-state index contributed by atoms with van der Waals surface area (Å²) in [6, 6.07) is 18.4. The number of ketones is 1. The summed E-state index contributed by atoms with van der Waals surface area (Å²) in [5, 5.41) is 20.8. The summed E-state index contributed by atoms with van der Waals surface area (Å²) in [5.41, 5.74) is 1.47. The van der Waals surface area contributed by atoms with Crippen molar-refractivity contribution in [3.63, 3.8) is 0 Å².